The van der Waals surface area contributed by atoms with Crippen LogP contribution >= 0.6 is 11.8 Å². The van der Waals surface area contributed by atoms with Crippen LogP contribution in [0.25, 0.3) is 0 Å². The topological polar surface area (TPSA) is 24.4 Å². The Morgan fingerprint density at radius 1 is 1.86 bits per heavy atom. The van der Waals surface area contributed by atoms with Gasteiger partial charge in [0.1, 0.15) is 0 Å². The Morgan fingerprint density at radius 3 is 2.71 bits per heavy atom. The third kappa shape index (κ3) is 1.09. The molecular weight excluding hydrogens is 108 g/mol. The Labute approximate surface area is 47.4 Å². The van der Waals surface area contributed by atoms with Crippen molar-refractivity contribution in [3.8, 4) is 0 Å². The molecule has 0 radical (unpaired) electrons. The summed E-state index contributed by atoms with van der Waals surface area (Å²) >= 11 is 1.76. The first-order chi connectivity index (χ1) is 3.29. The molecule has 40 valence electrons. The second kappa shape index (κ2) is 1.74. The second-order valence-electron chi connectivity index (χ2n) is 1.52. The normalized spacial score (nSPS) is 29.4. The van der Waals surface area contributed by atoms with E-state index in [9.17, 15) is 0 Å². The maximum absolute atomic E-state index is 3.95. The minimum Gasteiger partial charge on any atom is -0.296 e. The van der Waals surface area contributed by atoms with Crippen LogP contribution in [0.1, 0.15) is 13.8 Å². The fourth-order valence-corrected chi connectivity index (χ4v) is 1.21. The molecule has 0 saturated heterocycles. The first-order valence-corrected chi connectivity index (χ1v) is 3.13. The van der Waals surface area contributed by atoms with Gasteiger partial charge in [0, 0.05) is 0 Å². The molecule has 7 heavy (non-hydrogen) atoms. The van der Waals surface area contributed by atoms with Crippen molar-refractivity contribution in [1.82, 2.24) is 5.43 Å². The van der Waals surface area contributed by atoms with E-state index in [1.165, 1.54) is 0 Å². The highest BCUT2D eigenvalue weighted by atomic mass is 32.2. The Balaban J connectivity index is 2.42. The van der Waals surface area contributed by atoms with E-state index < -0.39 is 0 Å². The first kappa shape index (κ1) is 4.97. The van der Waals surface area contributed by atoms with Crippen LogP contribution in [0.5, 0.6) is 0 Å². The molecule has 0 spiro atoms. The Kier molecular flexibility index (Phi) is 1.23. The van der Waals surface area contributed by atoms with Crippen molar-refractivity contribution in [1.29, 1.82) is 0 Å². The van der Waals surface area contributed by atoms with Crippen LogP contribution in [-0.2, 0) is 0 Å². The molecule has 0 amide bonds. The lowest BCUT2D eigenvalue weighted by molar-refractivity contribution is 0.754. The van der Waals surface area contributed by atoms with Gasteiger partial charge in [-0.05, 0) is 13.8 Å². The summed E-state index contributed by atoms with van der Waals surface area (Å²) in [6.07, 6.45) is 0. The minimum atomic E-state index is 0.486. The van der Waals surface area contributed by atoms with Gasteiger partial charge in [-0.2, -0.15) is 5.10 Å². The molecule has 2 nitrogen and oxygen atoms in total. The van der Waals surface area contributed by atoms with Gasteiger partial charge < -0.3 is 0 Å². The fraction of sp³-hybridized carbons (Fsp3) is 0.750. The molecule has 0 aromatic rings. The zero-order chi connectivity index (χ0) is 5.28. The predicted octanol–water partition coefficient (Wildman–Crippen LogP) is 1.00. The van der Waals surface area contributed by atoms with Crippen molar-refractivity contribution in [3.63, 3.8) is 0 Å². The van der Waals surface area contributed by atoms with Crippen LogP contribution in [0.4, 0.5) is 0 Å². The number of thioether (sulfide) groups is 1. The van der Waals surface area contributed by atoms with Crippen LogP contribution in [-0.4, -0.2) is 10.4 Å². The molecule has 1 atom stereocenters. The van der Waals surface area contributed by atoms with Gasteiger partial charge in [0.15, 0.2) is 0 Å². The maximum atomic E-state index is 3.95. The van der Waals surface area contributed by atoms with Crippen LogP contribution in [0.2, 0.25) is 0 Å². The fourth-order valence-electron chi connectivity index (χ4n) is 0.490. The van der Waals surface area contributed by atoms with Crippen molar-refractivity contribution in [2.24, 2.45) is 5.10 Å². The van der Waals surface area contributed by atoms with Gasteiger partial charge >= 0.3 is 0 Å². The van der Waals surface area contributed by atoms with Gasteiger partial charge in [-0.15, -0.1) is 0 Å². The summed E-state index contributed by atoms with van der Waals surface area (Å²) in [6, 6.07) is 0. The summed E-state index contributed by atoms with van der Waals surface area (Å²) in [4.78, 5) is 0. The summed E-state index contributed by atoms with van der Waals surface area (Å²) in [5.41, 5.74) is 2.92. The van der Waals surface area contributed by atoms with Crippen LogP contribution in [0.15, 0.2) is 5.10 Å². The smallest absolute Gasteiger partial charge is 0.0922 e. The van der Waals surface area contributed by atoms with Gasteiger partial charge in [-0.3, -0.25) is 5.43 Å². The minimum absolute atomic E-state index is 0.486. The summed E-state index contributed by atoms with van der Waals surface area (Å²) in [6.45, 7) is 4.09. The summed E-state index contributed by atoms with van der Waals surface area (Å²) < 4.78 is 0. The van der Waals surface area contributed by atoms with Crippen LogP contribution < -0.4 is 5.43 Å². The lowest BCUT2D eigenvalue weighted by Gasteiger charge is -1.94. The molecule has 0 bridgehead atoms. The summed E-state index contributed by atoms with van der Waals surface area (Å²) in [5.74, 6) is 0. The van der Waals surface area contributed by atoms with E-state index in [0.717, 1.165) is 5.04 Å². The average Bonchev–Trinajstić information content (AvgIpc) is 1.87. The van der Waals surface area contributed by atoms with E-state index in [1.807, 2.05) is 6.92 Å². The van der Waals surface area contributed by atoms with Crippen LogP contribution in [0.3, 0.4) is 0 Å². The highest BCUT2D eigenvalue weighted by Crippen LogP contribution is 2.14. The van der Waals surface area contributed by atoms with E-state index in [4.69, 9.17) is 0 Å². The highest BCUT2D eigenvalue weighted by Gasteiger charge is 2.07. The molecule has 0 aromatic carbocycles. The molecule has 1 rings (SSSR count). The SMILES string of the molecule is CC1=NNC(C)S1. The molecule has 1 aliphatic heterocycles. The molecule has 1 heterocycles. The summed E-state index contributed by atoms with van der Waals surface area (Å²) in [7, 11) is 0. The third-order valence-corrected chi connectivity index (χ3v) is 1.64. The number of hydrogen-bond acceptors (Lipinski definition) is 3. The zero-order valence-corrected chi connectivity index (χ0v) is 5.25. The number of rotatable bonds is 0. The quantitative estimate of drug-likeness (QED) is 0.510. The molecule has 1 aliphatic rings. The van der Waals surface area contributed by atoms with Gasteiger partial charge in [-0.25, -0.2) is 0 Å². The lowest BCUT2D eigenvalue weighted by atomic mass is 10.8. The second-order valence-corrected chi connectivity index (χ2v) is 3.05. The predicted molar refractivity (Wildman–Crippen MR) is 33.3 cm³/mol. The van der Waals surface area contributed by atoms with Gasteiger partial charge in [0.2, 0.25) is 0 Å². The largest absolute Gasteiger partial charge is 0.296 e. The Bertz CT molecular complexity index is 99.9. The van der Waals surface area contributed by atoms with E-state index in [-0.39, 0.29) is 0 Å². The molecule has 3 heteroatoms. The van der Waals surface area contributed by atoms with Crippen molar-refractivity contribution in [2.75, 3.05) is 0 Å². The molecule has 1 N–H and O–H groups in total. The van der Waals surface area contributed by atoms with E-state index in [2.05, 4.69) is 17.5 Å². The highest BCUT2D eigenvalue weighted by molar-refractivity contribution is 8.14. The molecule has 0 aliphatic carbocycles. The van der Waals surface area contributed by atoms with Crippen molar-refractivity contribution >= 4 is 16.8 Å². The van der Waals surface area contributed by atoms with E-state index in [0.29, 0.717) is 5.37 Å². The van der Waals surface area contributed by atoms with Crippen molar-refractivity contribution < 1.29 is 0 Å². The average molecular weight is 116 g/mol. The van der Waals surface area contributed by atoms with Gasteiger partial charge in [0.05, 0.1) is 10.4 Å². The monoisotopic (exact) mass is 116 g/mol. The first-order valence-electron chi connectivity index (χ1n) is 2.25. The number of hydrogen-bond donors (Lipinski definition) is 1. The molecule has 0 fully saturated rings. The van der Waals surface area contributed by atoms with E-state index in [1.54, 1.807) is 11.8 Å². The maximum Gasteiger partial charge on any atom is 0.0922 e. The molecule has 0 saturated carbocycles. The lowest BCUT2D eigenvalue weighted by Crippen LogP contribution is -2.09. The molecule has 0 aromatic heterocycles. The standard InChI is InChI=1S/C4H8N2S/c1-3-5-6-4(2)7-3/h3,5H,1-2H3. The van der Waals surface area contributed by atoms with E-state index >= 15 is 0 Å². The van der Waals surface area contributed by atoms with Gasteiger partial charge in [-0.1, -0.05) is 11.8 Å². The van der Waals surface area contributed by atoms with Crippen molar-refractivity contribution in [3.05, 3.63) is 0 Å². The number of hydrazone groups is 1. The molecule has 1 unspecified atom stereocenters. The number of nitrogens with one attached hydrogen (secondary N) is 1. The molecular formula is C4H8N2S. The van der Waals surface area contributed by atoms with Gasteiger partial charge in [0.25, 0.3) is 0 Å². The Morgan fingerprint density at radius 2 is 2.57 bits per heavy atom. The third-order valence-electron chi connectivity index (χ3n) is 0.751. The van der Waals surface area contributed by atoms with Crippen molar-refractivity contribution in [2.45, 2.75) is 19.2 Å². The number of nitrogens with zero attached hydrogens (tertiary/aromatic N) is 1. The Hall–Kier alpha value is -0.180. The van der Waals surface area contributed by atoms with Crippen LogP contribution in [0, 0.1) is 0 Å². The zero-order valence-electron chi connectivity index (χ0n) is 4.43. The summed E-state index contributed by atoms with van der Waals surface area (Å²) in [5, 5.41) is 5.56.